The Kier molecular flexibility index (Phi) is 6.20. The lowest BCUT2D eigenvalue weighted by Crippen LogP contribution is -2.33. The number of amides is 1. The maximum Gasteiger partial charge on any atom is 0.218 e. The largest absolute Gasteiger partial charge is 0.489 e. The normalized spacial score (nSPS) is 13.9. The molecule has 0 spiro atoms. The fourth-order valence-corrected chi connectivity index (χ4v) is 4.54. The van der Waals surface area contributed by atoms with Crippen molar-refractivity contribution in [2.75, 3.05) is 18.8 Å². The van der Waals surface area contributed by atoms with E-state index in [1.807, 2.05) is 32.0 Å². The molecule has 31 heavy (non-hydrogen) atoms. The molecule has 0 saturated heterocycles. The van der Waals surface area contributed by atoms with Crippen molar-refractivity contribution in [3.05, 3.63) is 47.5 Å². The van der Waals surface area contributed by atoms with Crippen molar-refractivity contribution in [2.24, 2.45) is 5.73 Å². The van der Waals surface area contributed by atoms with Crippen molar-refractivity contribution in [2.45, 2.75) is 39.3 Å². The molecule has 8 heteroatoms. The third-order valence-electron chi connectivity index (χ3n) is 5.26. The van der Waals surface area contributed by atoms with Gasteiger partial charge in [0.05, 0.1) is 11.8 Å². The number of fused-ring (bicyclic) bond motifs is 1. The first-order valence-electron chi connectivity index (χ1n) is 10.4. The molecule has 1 aliphatic rings. The van der Waals surface area contributed by atoms with Crippen LogP contribution in [0.2, 0.25) is 0 Å². The summed E-state index contributed by atoms with van der Waals surface area (Å²) in [4.78, 5) is 13.3. The zero-order valence-electron chi connectivity index (χ0n) is 17.8. The maximum absolute atomic E-state index is 11.0. The van der Waals surface area contributed by atoms with Crippen LogP contribution in [-0.2, 0) is 17.8 Å². The molecule has 2 heterocycles. The number of nitrogens with zero attached hydrogens (tertiary/aromatic N) is 3. The summed E-state index contributed by atoms with van der Waals surface area (Å²) < 4.78 is 5.71. The number of benzene rings is 2. The van der Waals surface area contributed by atoms with E-state index in [9.17, 15) is 4.79 Å². The Morgan fingerprint density at radius 2 is 1.84 bits per heavy atom. The molecule has 162 valence electrons. The zero-order valence-corrected chi connectivity index (χ0v) is 18.6. The predicted molar refractivity (Wildman–Crippen MR) is 124 cm³/mol. The minimum atomic E-state index is -0.253. The molecule has 0 bridgehead atoms. The number of carbonyl (C=O) groups excluding carboxylic acids is 1. The monoisotopic (exact) mass is 437 g/mol. The second kappa shape index (κ2) is 9.03. The number of ether oxygens (including phenoxy) is 1. The summed E-state index contributed by atoms with van der Waals surface area (Å²) >= 11 is 1.55. The highest BCUT2D eigenvalue weighted by Crippen LogP contribution is 2.34. The lowest BCUT2D eigenvalue weighted by molar-refractivity contribution is -0.118. The highest BCUT2D eigenvalue weighted by Gasteiger charge is 2.18. The lowest BCUT2D eigenvalue weighted by atomic mass is 9.97. The first-order chi connectivity index (χ1) is 14.9. The number of aromatic nitrogens is 2. The van der Waals surface area contributed by atoms with Gasteiger partial charge >= 0.3 is 0 Å². The van der Waals surface area contributed by atoms with Crippen molar-refractivity contribution in [3.63, 3.8) is 0 Å². The molecule has 7 nitrogen and oxygen atoms in total. The number of hydrogen-bond donors (Lipinski definition) is 2. The second-order valence-electron chi connectivity index (χ2n) is 8.06. The molecular weight excluding hydrogens is 410 g/mol. The topological polar surface area (TPSA) is 107 Å². The van der Waals surface area contributed by atoms with Crippen molar-refractivity contribution < 1.29 is 9.53 Å². The summed E-state index contributed by atoms with van der Waals surface area (Å²) in [5.41, 5.74) is 16.6. The van der Waals surface area contributed by atoms with Gasteiger partial charge in [-0.05, 0) is 55.7 Å². The van der Waals surface area contributed by atoms with Crippen LogP contribution in [0.25, 0.3) is 21.1 Å². The maximum atomic E-state index is 11.0. The fourth-order valence-electron chi connectivity index (χ4n) is 3.70. The minimum absolute atomic E-state index is 0.0699. The molecule has 4 rings (SSSR count). The van der Waals surface area contributed by atoms with Gasteiger partial charge in [-0.1, -0.05) is 23.5 Å². The van der Waals surface area contributed by atoms with Gasteiger partial charge in [-0.15, -0.1) is 10.2 Å². The number of primary amides is 1. The SMILES string of the molecule is CC(C)Oc1ccc(-c2nnc(-c3ccc4c(c3)CCN(CCC(N)=O)C4)s2)cc1N. The Hall–Kier alpha value is -2.97. The molecule has 3 aromatic rings. The molecule has 4 N–H and O–H groups in total. The molecule has 0 saturated carbocycles. The first kappa shape index (κ1) is 21.3. The molecule has 1 aromatic heterocycles. The predicted octanol–water partition coefficient (Wildman–Crippen LogP) is 3.48. The number of rotatable bonds is 7. The summed E-state index contributed by atoms with van der Waals surface area (Å²) in [6.07, 6.45) is 1.41. The summed E-state index contributed by atoms with van der Waals surface area (Å²) in [5, 5.41) is 10.5. The summed E-state index contributed by atoms with van der Waals surface area (Å²) in [6, 6.07) is 12.2. The van der Waals surface area contributed by atoms with E-state index in [0.717, 1.165) is 40.7 Å². The van der Waals surface area contributed by atoms with Crippen molar-refractivity contribution in [1.29, 1.82) is 0 Å². The number of nitrogens with two attached hydrogens (primary N) is 2. The Balaban J connectivity index is 1.50. The van der Waals surface area contributed by atoms with E-state index >= 15 is 0 Å². The summed E-state index contributed by atoms with van der Waals surface area (Å²) in [6.45, 7) is 6.42. The minimum Gasteiger partial charge on any atom is -0.489 e. The van der Waals surface area contributed by atoms with E-state index < -0.39 is 0 Å². The van der Waals surface area contributed by atoms with E-state index in [0.29, 0.717) is 24.4 Å². The highest BCUT2D eigenvalue weighted by atomic mass is 32.1. The number of anilines is 1. The van der Waals surface area contributed by atoms with Crippen LogP contribution in [-0.4, -0.2) is 40.2 Å². The van der Waals surface area contributed by atoms with E-state index in [1.54, 1.807) is 11.3 Å². The van der Waals surface area contributed by atoms with Crippen LogP contribution in [0.4, 0.5) is 5.69 Å². The van der Waals surface area contributed by atoms with Gasteiger partial charge in [0.2, 0.25) is 5.91 Å². The highest BCUT2D eigenvalue weighted by molar-refractivity contribution is 7.17. The second-order valence-corrected chi connectivity index (χ2v) is 9.04. The van der Waals surface area contributed by atoms with Gasteiger partial charge in [0.1, 0.15) is 15.8 Å². The van der Waals surface area contributed by atoms with Crippen molar-refractivity contribution >= 4 is 22.9 Å². The molecule has 0 atom stereocenters. The number of hydrogen-bond acceptors (Lipinski definition) is 7. The van der Waals surface area contributed by atoms with Crippen LogP contribution in [0.1, 0.15) is 31.4 Å². The van der Waals surface area contributed by atoms with Crippen molar-refractivity contribution in [1.82, 2.24) is 15.1 Å². The van der Waals surface area contributed by atoms with Crippen LogP contribution in [0, 0.1) is 0 Å². The molecular formula is C23H27N5O2S. The quantitative estimate of drug-likeness (QED) is 0.548. The lowest BCUT2D eigenvalue weighted by Gasteiger charge is -2.28. The van der Waals surface area contributed by atoms with E-state index in [2.05, 4.69) is 33.3 Å². The third-order valence-corrected chi connectivity index (χ3v) is 6.28. The average Bonchev–Trinajstić information content (AvgIpc) is 3.23. The summed E-state index contributed by atoms with van der Waals surface area (Å²) in [5.74, 6) is 0.431. The Bertz CT molecular complexity index is 1100. The van der Waals surface area contributed by atoms with Crippen LogP contribution in [0.3, 0.4) is 0 Å². The molecule has 2 aromatic carbocycles. The standard InChI is InChI=1S/C23H27N5O2S/c1-14(2)30-20-6-5-17(12-19(20)24)23-27-26-22(31-23)16-3-4-18-13-28(10-8-21(25)29)9-7-15(18)11-16/h3-6,11-12,14H,7-10,13,24H2,1-2H3,(H2,25,29). The van der Waals surface area contributed by atoms with Gasteiger partial charge in [-0.2, -0.15) is 0 Å². The van der Waals surface area contributed by atoms with Crippen LogP contribution in [0.5, 0.6) is 5.75 Å². The zero-order chi connectivity index (χ0) is 22.0. The van der Waals surface area contributed by atoms with Gasteiger partial charge in [0.15, 0.2) is 0 Å². The fraction of sp³-hybridized carbons (Fsp3) is 0.348. The smallest absolute Gasteiger partial charge is 0.218 e. The van der Waals surface area contributed by atoms with E-state index in [-0.39, 0.29) is 12.0 Å². The van der Waals surface area contributed by atoms with Crippen LogP contribution < -0.4 is 16.2 Å². The Labute approximate surface area is 186 Å². The van der Waals surface area contributed by atoms with E-state index in [4.69, 9.17) is 16.2 Å². The first-order valence-corrected chi connectivity index (χ1v) is 11.2. The van der Waals surface area contributed by atoms with Gasteiger partial charge < -0.3 is 16.2 Å². The number of nitrogen functional groups attached to an aromatic ring is 1. The summed E-state index contributed by atoms with van der Waals surface area (Å²) in [7, 11) is 0. The Morgan fingerprint density at radius 3 is 2.52 bits per heavy atom. The molecule has 0 aliphatic carbocycles. The van der Waals surface area contributed by atoms with Crippen LogP contribution >= 0.6 is 11.3 Å². The molecule has 0 unspecified atom stereocenters. The van der Waals surface area contributed by atoms with E-state index in [1.165, 1.54) is 11.1 Å². The average molecular weight is 438 g/mol. The third kappa shape index (κ3) is 5.03. The van der Waals surface area contributed by atoms with Gasteiger partial charge in [-0.3, -0.25) is 9.69 Å². The van der Waals surface area contributed by atoms with Crippen LogP contribution in [0.15, 0.2) is 36.4 Å². The molecule has 1 aliphatic heterocycles. The number of carbonyl (C=O) groups is 1. The van der Waals surface area contributed by atoms with Gasteiger partial charge in [0.25, 0.3) is 0 Å². The van der Waals surface area contributed by atoms with Gasteiger partial charge in [-0.25, -0.2) is 0 Å². The molecule has 1 amide bonds. The Morgan fingerprint density at radius 1 is 1.13 bits per heavy atom. The van der Waals surface area contributed by atoms with Crippen molar-refractivity contribution in [3.8, 4) is 26.9 Å². The molecule has 0 fully saturated rings. The molecule has 0 radical (unpaired) electrons. The van der Waals surface area contributed by atoms with Gasteiger partial charge in [0, 0.05) is 37.2 Å².